The van der Waals surface area contributed by atoms with E-state index in [1.165, 1.54) is 20.0 Å². The molecule has 1 aromatic rings. The number of urea groups is 1. The summed E-state index contributed by atoms with van der Waals surface area (Å²) in [5, 5.41) is 1.69. The zero-order valence-electron chi connectivity index (χ0n) is 10.8. The van der Waals surface area contributed by atoms with E-state index in [1.807, 2.05) is 0 Å². The summed E-state index contributed by atoms with van der Waals surface area (Å²) in [5.41, 5.74) is 0.272. The van der Waals surface area contributed by atoms with Crippen molar-refractivity contribution in [3.63, 3.8) is 0 Å². The molecule has 0 bridgehead atoms. The molecular weight excluding hydrogens is 283 g/mol. The molecule has 20 heavy (non-hydrogen) atoms. The van der Waals surface area contributed by atoms with Gasteiger partial charge in [0.15, 0.2) is 11.6 Å². The molecule has 0 saturated carbocycles. The highest BCUT2D eigenvalue weighted by molar-refractivity contribution is 5.74. The van der Waals surface area contributed by atoms with Crippen LogP contribution in [0.1, 0.15) is 18.5 Å². The molecule has 8 heteroatoms. The molecule has 0 spiro atoms. The van der Waals surface area contributed by atoms with Gasteiger partial charge in [0.1, 0.15) is 6.54 Å². The van der Waals surface area contributed by atoms with Gasteiger partial charge in [-0.05, 0) is 24.6 Å². The minimum atomic E-state index is -4.51. The van der Waals surface area contributed by atoms with Crippen molar-refractivity contribution in [2.45, 2.75) is 19.1 Å². The first-order chi connectivity index (χ1) is 9.11. The molecule has 0 saturated heterocycles. The lowest BCUT2D eigenvalue weighted by Crippen LogP contribution is -2.42. The van der Waals surface area contributed by atoms with Gasteiger partial charge in [-0.3, -0.25) is 0 Å². The fourth-order valence-corrected chi connectivity index (χ4v) is 1.47. The van der Waals surface area contributed by atoms with Gasteiger partial charge in [0.05, 0.1) is 6.04 Å². The second-order valence-electron chi connectivity index (χ2n) is 4.23. The molecule has 0 aliphatic carbocycles. The van der Waals surface area contributed by atoms with Gasteiger partial charge < -0.3 is 10.2 Å². The largest absolute Gasteiger partial charge is 0.405 e. The molecular formula is C12H13F5N2O. The Morgan fingerprint density at radius 2 is 1.90 bits per heavy atom. The van der Waals surface area contributed by atoms with Crippen molar-refractivity contribution in [1.29, 1.82) is 0 Å². The molecule has 0 fully saturated rings. The van der Waals surface area contributed by atoms with E-state index in [9.17, 15) is 26.7 Å². The topological polar surface area (TPSA) is 32.3 Å². The van der Waals surface area contributed by atoms with Crippen molar-refractivity contribution >= 4 is 6.03 Å². The van der Waals surface area contributed by atoms with E-state index < -0.39 is 36.4 Å². The average Bonchev–Trinajstić information content (AvgIpc) is 2.36. The second kappa shape index (κ2) is 6.06. The highest BCUT2D eigenvalue weighted by Crippen LogP contribution is 2.21. The minimum Gasteiger partial charge on any atom is -0.329 e. The Kier molecular flexibility index (Phi) is 4.91. The first kappa shape index (κ1) is 16.2. The molecule has 0 aliphatic rings. The number of rotatable bonds is 3. The van der Waals surface area contributed by atoms with Crippen molar-refractivity contribution in [2.75, 3.05) is 13.6 Å². The monoisotopic (exact) mass is 296 g/mol. The van der Waals surface area contributed by atoms with E-state index in [1.54, 1.807) is 5.32 Å². The summed E-state index contributed by atoms with van der Waals surface area (Å²) in [5.74, 6) is -2.12. The quantitative estimate of drug-likeness (QED) is 0.853. The first-order valence-electron chi connectivity index (χ1n) is 5.64. The second-order valence-corrected chi connectivity index (χ2v) is 4.23. The van der Waals surface area contributed by atoms with Gasteiger partial charge in [-0.1, -0.05) is 6.07 Å². The number of amides is 2. The first-order valence-corrected chi connectivity index (χ1v) is 5.64. The number of alkyl halides is 3. The molecule has 1 atom stereocenters. The lowest BCUT2D eigenvalue weighted by atomic mass is 10.1. The average molecular weight is 296 g/mol. The van der Waals surface area contributed by atoms with Gasteiger partial charge in [0.2, 0.25) is 0 Å². The molecule has 0 aromatic heterocycles. The zero-order valence-corrected chi connectivity index (χ0v) is 10.8. The number of benzene rings is 1. The van der Waals surface area contributed by atoms with Crippen LogP contribution in [0.3, 0.4) is 0 Å². The van der Waals surface area contributed by atoms with Crippen LogP contribution < -0.4 is 5.32 Å². The van der Waals surface area contributed by atoms with Crippen LogP contribution in [0.5, 0.6) is 0 Å². The van der Waals surface area contributed by atoms with Gasteiger partial charge in [0.25, 0.3) is 0 Å². The summed E-state index contributed by atoms with van der Waals surface area (Å²) in [7, 11) is 1.26. The normalized spacial score (nSPS) is 12.9. The van der Waals surface area contributed by atoms with Crippen molar-refractivity contribution in [2.24, 2.45) is 0 Å². The Labute approximate surface area is 112 Å². The smallest absolute Gasteiger partial charge is 0.329 e. The highest BCUT2D eigenvalue weighted by atomic mass is 19.4. The fourth-order valence-electron chi connectivity index (χ4n) is 1.47. The minimum absolute atomic E-state index is 0.272. The van der Waals surface area contributed by atoms with Crippen molar-refractivity contribution in [1.82, 2.24) is 10.2 Å². The standard InChI is InChI=1S/C12H13F5N2O/c1-7(8-3-4-9(13)10(14)5-8)19(2)11(20)18-6-12(15,16)17/h3-5,7H,6H2,1-2H3,(H,18,20). The lowest BCUT2D eigenvalue weighted by molar-refractivity contribution is -0.123. The molecule has 0 heterocycles. The third-order valence-electron chi connectivity index (χ3n) is 2.77. The zero-order chi connectivity index (χ0) is 15.5. The Morgan fingerprint density at radius 3 is 2.40 bits per heavy atom. The predicted octanol–water partition coefficient (Wildman–Crippen LogP) is 3.23. The number of hydrogen-bond donors (Lipinski definition) is 1. The Hall–Kier alpha value is -1.86. The number of hydrogen-bond acceptors (Lipinski definition) is 1. The summed E-state index contributed by atoms with van der Waals surface area (Å²) in [6.07, 6.45) is -4.51. The van der Waals surface area contributed by atoms with Crippen molar-refractivity contribution in [3.05, 3.63) is 35.4 Å². The van der Waals surface area contributed by atoms with Crippen LogP contribution in [-0.4, -0.2) is 30.7 Å². The lowest BCUT2D eigenvalue weighted by Gasteiger charge is -2.26. The number of halogens is 5. The van der Waals surface area contributed by atoms with Crippen molar-refractivity contribution < 1.29 is 26.7 Å². The van der Waals surface area contributed by atoms with E-state index in [4.69, 9.17) is 0 Å². The Bertz CT molecular complexity index is 489. The Morgan fingerprint density at radius 1 is 1.30 bits per heavy atom. The van der Waals surface area contributed by atoms with Gasteiger partial charge in [0, 0.05) is 7.05 Å². The van der Waals surface area contributed by atoms with Gasteiger partial charge in [-0.25, -0.2) is 13.6 Å². The van der Waals surface area contributed by atoms with E-state index >= 15 is 0 Å². The highest BCUT2D eigenvalue weighted by Gasteiger charge is 2.29. The molecule has 2 amide bonds. The molecule has 1 unspecified atom stereocenters. The summed E-state index contributed by atoms with van der Waals surface area (Å²) in [6, 6.07) is 1.38. The van der Waals surface area contributed by atoms with Crippen LogP contribution in [0.15, 0.2) is 18.2 Å². The summed E-state index contributed by atoms with van der Waals surface area (Å²) in [4.78, 5) is 12.5. The predicted molar refractivity (Wildman–Crippen MR) is 62.0 cm³/mol. The summed E-state index contributed by atoms with van der Waals surface area (Å²) < 4.78 is 61.8. The molecule has 0 radical (unpaired) electrons. The third-order valence-corrected chi connectivity index (χ3v) is 2.77. The number of nitrogens with one attached hydrogen (secondary N) is 1. The number of nitrogens with zero attached hydrogens (tertiary/aromatic N) is 1. The maximum atomic E-state index is 13.1. The molecule has 1 aromatic carbocycles. The fraction of sp³-hybridized carbons (Fsp3) is 0.417. The van der Waals surface area contributed by atoms with E-state index in [0.29, 0.717) is 0 Å². The van der Waals surface area contributed by atoms with E-state index in [-0.39, 0.29) is 5.56 Å². The maximum absolute atomic E-state index is 13.1. The molecule has 1 rings (SSSR count). The summed E-state index contributed by atoms with van der Waals surface area (Å²) in [6.45, 7) is 0.0283. The van der Waals surface area contributed by atoms with Crippen LogP contribution in [0.4, 0.5) is 26.7 Å². The molecule has 0 aliphatic heterocycles. The third kappa shape index (κ3) is 4.36. The van der Waals surface area contributed by atoms with E-state index in [2.05, 4.69) is 0 Å². The number of carbonyl (C=O) groups excluding carboxylic acids is 1. The van der Waals surface area contributed by atoms with Crippen molar-refractivity contribution in [3.8, 4) is 0 Å². The van der Waals surface area contributed by atoms with Gasteiger partial charge >= 0.3 is 12.2 Å². The van der Waals surface area contributed by atoms with Gasteiger partial charge in [-0.2, -0.15) is 13.2 Å². The van der Waals surface area contributed by atoms with Gasteiger partial charge in [-0.15, -0.1) is 0 Å². The van der Waals surface area contributed by atoms with Crippen LogP contribution >= 0.6 is 0 Å². The van der Waals surface area contributed by atoms with Crippen LogP contribution in [0.25, 0.3) is 0 Å². The van der Waals surface area contributed by atoms with Crippen LogP contribution in [0.2, 0.25) is 0 Å². The Balaban J connectivity index is 2.72. The molecule has 3 nitrogen and oxygen atoms in total. The summed E-state index contributed by atoms with van der Waals surface area (Å²) >= 11 is 0. The molecule has 1 N–H and O–H groups in total. The maximum Gasteiger partial charge on any atom is 0.405 e. The van der Waals surface area contributed by atoms with Crippen LogP contribution in [0, 0.1) is 11.6 Å². The number of carbonyl (C=O) groups is 1. The van der Waals surface area contributed by atoms with E-state index in [0.717, 1.165) is 17.0 Å². The van der Waals surface area contributed by atoms with Crippen LogP contribution in [-0.2, 0) is 0 Å². The SMILES string of the molecule is CC(c1ccc(F)c(F)c1)N(C)C(=O)NCC(F)(F)F. The molecule has 112 valence electrons.